The van der Waals surface area contributed by atoms with Gasteiger partial charge in [-0.3, -0.25) is 4.90 Å². The minimum atomic E-state index is -0.669. The van der Waals surface area contributed by atoms with Crippen LogP contribution in [0, 0.1) is 12.3 Å². The molecule has 0 N–H and O–H groups in total. The minimum absolute atomic E-state index is 0.152. The monoisotopic (exact) mass is 339 g/mol. The van der Waals surface area contributed by atoms with Crippen LogP contribution in [-0.2, 0) is 14.3 Å². The predicted octanol–water partition coefficient (Wildman–Crippen LogP) is 4.15. The van der Waals surface area contributed by atoms with Crippen molar-refractivity contribution in [3.63, 3.8) is 0 Å². The Balaban J connectivity index is 3.74. The average Bonchev–Trinajstić information content (AvgIpc) is 2.58. The van der Waals surface area contributed by atoms with Gasteiger partial charge in [0.2, 0.25) is 0 Å². The maximum absolute atomic E-state index is 11.9. The van der Waals surface area contributed by atoms with Crippen molar-refractivity contribution >= 4 is 12.1 Å². The third-order valence-corrected chi connectivity index (χ3v) is 3.92. The first kappa shape index (κ1) is 22.3. The van der Waals surface area contributed by atoms with Gasteiger partial charge in [0.15, 0.2) is 0 Å². The number of likely N-dealkylation sites (N-methyl/N-ethyl adjacent to an activating group) is 1. The standard InChI is InChI=1S/C19H33NO4/c1-5-7-9-10-11-12-13-14-16-23-18(21)17(3)20(4)19(22)24-15-8-6-2/h2,17H,5,7-16H2,1,3-4H3. The highest BCUT2D eigenvalue weighted by molar-refractivity contribution is 5.80. The summed E-state index contributed by atoms with van der Waals surface area (Å²) in [6, 6.07) is -0.669. The van der Waals surface area contributed by atoms with Crippen molar-refractivity contribution in [1.29, 1.82) is 0 Å². The lowest BCUT2D eigenvalue weighted by atomic mass is 10.1. The number of rotatable bonds is 13. The molecule has 0 aliphatic heterocycles. The molecule has 0 saturated carbocycles. The van der Waals surface area contributed by atoms with E-state index in [-0.39, 0.29) is 6.61 Å². The lowest BCUT2D eigenvalue weighted by molar-refractivity contribution is -0.148. The molecule has 1 atom stereocenters. The topological polar surface area (TPSA) is 55.8 Å². The smallest absolute Gasteiger partial charge is 0.410 e. The molecule has 5 heteroatoms. The largest absolute Gasteiger partial charge is 0.464 e. The van der Waals surface area contributed by atoms with Crippen molar-refractivity contribution in [3.8, 4) is 12.3 Å². The fourth-order valence-electron chi connectivity index (χ4n) is 2.14. The predicted molar refractivity (Wildman–Crippen MR) is 95.6 cm³/mol. The Labute approximate surface area is 147 Å². The van der Waals surface area contributed by atoms with Gasteiger partial charge < -0.3 is 9.47 Å². The van der Waals surface area contributed by atoms with Gasteiger partial charge in [0.1, 0.15) is 12.6 Å². The Bertz CT molecular complexity index is 389. The van der Waals surface area contributed by atoms with E-state index in [1.54, 1.807) is 6.92 Å². The second kappa shape index (κ2) is 14.9. The van der Waals surface area contributed by atoms with Gasteiger partial charge in [-0.15, -0.1) is 12.3 Å². The molecule has 0 heterocycles. The van der Waals surface area contributed by atoms with Crippen molar-refractivity contribution in [1.82, 2.24) is 4.90 Å². The van der Waals surface area contributed by atoms with Gasteiger partial charge in [-0.2, -0.15) is 0 Å². The quantitative estimate of drug-likeness (QED) is 0.287. The second-order valence-corrected chi connectivity index (χ2v) is 6.00. The summed E-state index contributed by atoms with van der Waals surface area (Å²) in [5.74, 6) is 1.98. The van der Waals surface area contributed by atoms with E-state index in [2.05, 4.69) is 12.8 Å². The zero-order valence-corrected chi connectivity index (χ0v) is 15.5. The highest BCUT2D eigenvalue weighted by atomic mass is 16.6. The molecular formula is C19H33NO4. The molecule has 5 nitrogen and oxygen atoms in total. The van der Waals surface area contributed by atoms with Crippen molar-refractivity contribution in [2.24, 2.45) is 0 Å². The number of amides is 1. The third kappa shape index (κ3) is 10.9. The van der Waals surface area contributed by atoms with Crippen LogP contribution >= 0.6 is 0 Å². The van der Waals surface area contributed by atoms with Crippen LogP contribution in [0.5, 0.6) is 0 Å². The van der Waals surface area contributed by atoms with Crippen molar-refractivity contribution in [2.45, 2.75) is 77.7 Å². The van der Waals surface area contributed by atoms with Crippen LogP contribution in [0.1, 0.15) is 71.6 Å². The molecule has 0 rings (SSSR count). The van der Waals surface area contributed by atoms with Gasteiger partial charge in [0, 0.05) is 13.5 Å². The van der Waals surface area contributed by atoms with E-state index >= 15 is 0 Å². The molecular weight excluding hydrogens is 306 g/mol. The Morgan fingerprint density at radius 2 is 1.58 bits per heavy atom. The molecule has 0 aromatic rings. The van der Waals surface area contributed by atoms with Crippen LogP contribution in [0.3, 0.4) is 0 Å². The number of esters is 1. The zero-order chi connectivity index (χ0) is 18.2. The summed E-state index contributed by atoms with van der Waals surface area (Å²) in [6.07, 6.45) is 14.4. The molecule has 0 radical (unpaired) electrons. The highest BCUT2D eigenvalue weighted by Crippen LogP contribution is 2.09. The number of unbranched alkanes of at least 4 members (excludes halogenated alkanes) is 7. The van der Waals surface area contributed by atoms with Crippen molar-refractivity contribution < 1.29 is 19.1 Å². The Hall–Kier alpha value is -1.70. The Kier molecular flexibility index (Phi) is 13.8. The summed E-state index contributed by atoms with van der Waals surface area (Å²) < 4.78 is 10.2. The summed E-state index contributed by atoms with van der Waals surface area (Å²) in [5.41, 5.74) is 0. The van der Waals surface area contributed by atoms with Crippen LogP contribution < -0.4 is 0 Å². The first-order chi connectivity index (χ1) is 11.5. The number of carbonyl (C=O) groups is 2. The first-order valence-corrected chi connectivity index (χ1v) is 9.04. The van der Waals surface area contributed by atoms with Crippen LogP contribution in [0.15, 0.2) is 0 Å². The number of carbonyl (C=O) groups excluding carboxylic acids is 2. The number of ether oxygens (including phenoxy) is 2. The SMILES string of the molecule is C#CCCOC(=O)N(C)C(C)C(=O)OCCCCCCCCCC. The van der Waals surface area contributed by atoms with E-state index in [1.165, 1.54) is 50.5 Å². The minimum Gasteiger partial charge on any atom is -0.464 e. The van der Waals surface area contributed by atoms with Gasteiger partial charge in [-0.1, -0.05) is 51.9 Å². The molecule has 0 aromatic carbocycles. The van der Waals surface area contributed by atoms with E-state index in [0.717, 1.165) is 12.8 Å². The Morgan fingerprint density at radius 3 is 2.17 bits per heavy atom. The summed E-state index contributed by atoms with van der Waals surface area (Å²) in [4.78, 5) is 24.9. The fourth-order valence-corrected chi connectivity index (χ4v) is 2.14. The van der Waals surface area contributed by atoms with Crippen LogP contribution in [0.2, 0.25) is 0 Å². The second-order valence-electron chi connectivity index (χ2n) is 6.00. The number of terminal acetylenes is 1. The molecule has 1 unspecified atom stereocenters. The van der Waals surface area contributed by atoms with Crippen LogP contribution in [0.4, 0.5) is 4.79 Å². The molecule has 0 aromatic heterocycles. The van der Waals surface area contributed by atoms with Gasteiger partial charge in [0.25, 0.3) is 0 Å². The van der Waals surface area contributed by atoms with E-state index in [0.29, 0.717) is 13.0 Å². The molecule has 1 amide bonds. The highest BCUT2D eigenvalue weighted by Gasteiger charge is 2.24. The lowest BCUT2D eigenvalue weighted by Gasteiger charge is -2.22. The molecule has 0 aliphatic rings. The van der Waals surface area contributed by atoms with E-state index in [4.69, 9.17) is 15.9 Å². The first-order valence-electron chi connectivity index (χ1n) is 9.04. The molecule has 0 saturated heterocycles. The normalized spacial score (nSPS) is 11.4. The third-order valence-electron chi connectivity index (χ3n) is 3.92. The average molecular weight is 339 g/mol. The summed E-state index contributed by atoms with van der Waals surface area (Å²) in [5, 5.41) is 0. The summed E-state index contributed by atoms with van der Waals surface area (Å²) in [6.45, 7) is 4.39. The molecule has 24 heavy (non-hydrogen) atoms. The fraction of sp³-hybridized carbons (Fsp3) is 0.789. The Morgan fingerprint density at radius 1 is 1.00 bits per heavy atom. The van der Waals surface area contributed by atoms with Crippen LogP contribution in [-0.4, -0.2) is 43.3 Å². The van der Waals surface area contributed by atoms with Crippen molar-refractivity contribution in [2.75, 3.05) is 20.3 Å². The van der Waals surface area contributed by atoms with Gasteiger partial charge in [-0.05, 0) is 13.3 Å². The van der Waals surface area contributed by atoms with Crippen LogP contribution in [0.25, 0.3) is 0 Å². The number of hydrogen-bond donors (Lipinski definition) is 0. The van der Waals surface area contributed by atoms with E-state index in [1.807, 2.05) is 0 Å². The molecule has 138 valence electrons. The molecule has 0 bridgehead atoms. The maximum Gasteiger partial charge on any atom is 0.410 e. The maximum atomic E-state index is 11.9. The molecule has 0 aliphatic carbocycles. The van der Waals surface area contributed by atoms with Gasteiger partial charge in [0.05, 0.1) is 6.61 Å². The van der Waals surface area contributed by atoms with E-state index in [9.17, 15) is 9.59 Å². The number of hydrogen-bond acceptors (Lipinski definition) is 4. The lowest BCUT2D eigenvalue weighted by Crippen LogP contribution is -2.41. The van der Waals surface area contributed by atoms with E-state index < -0.39 is 18.1 Å². The summed E-state index contributed by atoms with van der Waals surface area (Å²) >= 11 is 0. The zero-order valence-electron chi connectivity index (χ0n) is 15.5. The molecule has 0 fully saturated rings. The van der Waals surface area contributed by atoms with Gasteiger partial charge in [-0.25, -0.2) is 9.59 Å². The summed E-state index contributed by atoms with van der Waals surface area (Å²) in [7, 11) is 1.51. The molecule has 0 spiro atoms. The van der Waals surface area contributed by atoms with Gasteiger partial charge >= 0.3 is 12.1 Å². The number of nitrogens with zero attached hydrogens (tertiary/aromatic N) is 1. The van der Waals surface area contributed by atoms with Crippen molar-refractivity contribution in [3.05, 3.63) is 0 Å².